The van der Waals surface area contributed by atoms with Gasteiger partial charge in [-0.2, -0.15) is 0 Å². The first-order valence-corrected chi connectivity index (χ1v) is 10.3. The maximum absolute atomic E-state index is 12.6. The van der Waals surface area contributed by atoms with Crippen LogP contribution in [0, 0.1) is 0 Å². The van der Waals surface area contributed by atoms with Crippen LogP contribution in [0.4, 0.5) is 11.4 Å². The van der Waals surface area contributed by atoms with Crippen molar-refractivity contribution in [3.05, 3.63) is 59.7 Å². The summed E-state index contributed by atoms with van der Waals surface area (Å²) in [6.07, 6.45) is 7.08. The fourth-order valence-electron chi connectivity index (χ4n) is 4.36. The van der Waals surface area contributed by atoms with Gasteiger partial charge in [-0.1, -0.05) is 36.4 Å². The number of anilines is 2. The van der Waals surface area contributed by atoms with Gasteiger partial charge in [0.2, 0.25) is 5.91 Å². The molecular formula is C23H29N3O. The predicted octanol–water partition coefficient (Wildman–Crippen LogP) is 4.28. The van der Waals surface area contributed by atoms with Gasteiger partial charge in [0, 0.05) is 13.1 Å². The van der Waals surface area contributed by atoms with Gasteiger partial charge in [-0.15, -0.1) is 0 Å². The SMILES string of the molecule is O=C(CNc1ccccc1N1CCCCC1)NC1CCCc2ccccc21. The van der Waals surface area contributed by atoms with Crippen molar-refractivity contribution in [3.63, 3.8) is 0 Å². The summed E-state index contributed by atoms with van der Waals surface area (Å²) in [7, 11) is 0. The second-order valence-electron chi connectivity index (χ2n) is 7.63. The van der Waals surface area contributed by atoms with Crippen LogP contribution in [0.2, 0.25) is 0 Å². The number of carbonyl (C=O) groups is 1. The first-order chi connectivity index (χ1) is 13.3. The van der Waals surface area contributed by atoms with E-state index in [0.29, 0.717) is 6.54 Å². The second-order valence-corrected chi connectivity index (χ2v) is 7.63. The molecule has 2 N–H and O–H groups in total. The standard InChI is InChI=1S/C23H29N3O/c27-23(25-20-13-8-10-18-9-2-3-11-19(18)20)17-24-21-12-4-5-14-22(21)26-15-6-1-7-16-26/h2-5,9,11-12,14,20,24H,1,6-8,10,13,15-17H2,(H,25,27). The lowest BCUT2D eigenvalue weighted by Crippen LogP contribution is -2.35. The van der Waals surface area contributed by atoms with Crippen LogP contribution in [0.5, 0.6) is 0 Å². The van der Waals surface area contributed by atoms with Crippen LogP contribution in [-0.4, -0.2) is 25.5 Å². The molecule has 1 aliphatic heterocycles. The zero-order valence-electron chi connectivity index (χ0n) is 15.9. The Balaban J connectivity index is 1.38. The molecule has 2 aromatic carbocycles. The summed E-state index contributed by atoms with van der Waals surface area (Å²) in [5, 5.41) is 6.60. The van der Waals surface area contributed by atoms with Gasteiger partial charge in [0.05, 0.1) is 24.0 Å². The lowest BCUT2D eigenvalue weighted by molar-refractivity contribution is -0.120. The highest BCUT2D eigenvalue weighted by Crippen LogP contribution is 2.30. The zero-order chi connectivity index (χ0) is 18.5. The Morgan fingerprint density at radius 3 is 2.63 bits per heavy atom. The average molecular weight is 364 g/mol. The molecule has 0 saturated carbocycles. The van der Waals surface area contributed by atoms with E-state index < -0.39 is 0 Å². The Hall–Kier alpha value is -2.49. The fraction of sp³-hybridized carbons (Fsp3) is 0.435. The molecule has 0 bridgehead atoms. The number of aryl methyl sites for hydroxylation is 1. The third-order valence-corrected chi connectivity index (χ3v) is 5.74. The first kappa shape index (κ1) is 17.9. The minimum atomic E-state index is 0.0603. The molecule has 1 unspecified atom stereocenters. The van der Waals surface area contributed by atoms with Gasteiger partial charge in [-0.25, -0.2) is 0 Å². The molecule has 4 heteroatoms. The van der Waals surface area contributed by atoms with Crippen LogP contribution in [0.25, 0.3) is 0 Å². The highest BCUT2D eigenvalue weighted by atomic mass is 16.2. The van der Waals surface area contributed by atoms with Gasteiger partial charge in [-0.05, 0) is 61.8 Å². The molecular weight excluding hydrogens is 334 g/mol. The van der Waals surface area contributed by atoms with E-state index in [1.54, 1.807) is 0 Å². The molecule has 2 aromatic rings. The number of nitrogens with zero attached hydrogens (tertiary/aromatic N) is 1. The minimum absolute atomic E-state index is 0.0603. The molecule has 4 rings (SSSR count). The topological polar surface area (TPSA) is 44.4 Å². The van der Waals surface area contributed by atoms with Crippen molar-refractivity contribution in [3.8, 4) is 0 Å². The van der Waals surface area contributed by atoms with Crippen molar-refractivity contribution in [2.24, 2.45) is 0 Å². The molecule has 27 heavy (non-hydrogen) atoms. The largest absolute Gasteiger partial charge is 0.374 e. The second kappa shape index (κ2) is 8.47. The van der Waals surface area contributed by atoms with E-state index in [4.69, 9.17) is 0 Å². The number of hydrogen-bond acceptors (Lipinski definition) is 3. The van der Waals surface area contributed by atoms with Crippen LogP contribution in [-0.2, 0) is 11.2 Å². The summed E-state index contributed by atoms with van der Waals surface area (Å²) in [4.78, 5) is 15.0. The summed E-state index contributed by atoms with van der Waals surface area (Å²) < 4.78 is 0. The number of benzene rings is 2. The molecule has 0 spiro atoms. The minimum Gasteiger partial charge on any atom is -0.374 e. The lowest BCUT2D eigenvalue weighted by atomic mass is 9.88. The van der Waals surface area contributed by atoms with E-state index in [1.165, 1.54) is 36.1 Å². The van der Waals surface area contributed by atoms with Gasteiger partial charge < -0.3 is 15.5 Å². The number of amides is 1. The van der Waals surface area contributed by atoms with Crippen LogP contribution >= 0.6 is 0 Å². The van der Waals surface area contributed by atoms with E-state index in [9.17, 15) is 4.79 Å². The van der Waals surface area contributed by atoms with Crippen LogP contribution in [0.3, 0.4) is 0 Å². The number of para-hydroxylation sites is 2. The number of rotatable bonds is 5. The Morgan fingerprint density at radius 1 is 0.963 bits per heavy atom. The summed E-state index contributed by atoms with van der Waals surface area (Å²) in [6.45, 7) is 2.51. The molecule has 1 amide bonds. The zero-order valence-corrected chi connectivity index (χ0v) is 15.9. The van der Waals surface area contributed by atoms with E-state index in [-0.39, 0.29) is 11.9 Å². The van der Waals surface area contributed by atoms with Crippen molar-refractivity contribution < 1.29 is 4.79 Å². The van der Waals surface area contributed by atoms with E-state index in [1.807, 2.05) is 6.07 Å². The maximum Gasteiger partial charge on any atom is 0.239 e. The molecule has 0 aromatic heterocycles. The lowest BCUT2D eigenvalue weighted by Gasteiger charge is -2.31. The summed E-state index contributed by atoms with van der Waals surface area (Å²) in [5.74, 6) is 0.0603. The quantitative estimate of drug-likeness (QED) is 0.833. The molecule has 1 aliphatic carbocycles. The predicted molar refractivity (Wildman–Crippen MR) is 111 cm³/mol. The number of carbonyl (C=O) groups excluding carboxylic acids is 1. The number of hydrogen-bond donors (Lipinski definition) is 2. The van der Waals surface area contributed by atoms with Crippen LogP contribution in [0.15, 0.2) is 48.5 Å². The van der Waals surface area contributed by atoms with Crippen molar-refractivity contribution in [2.75, 3.05) is 29.9 Å². The smallest absolute Gasteiger partial charge is 0.239 e. The number of piperidine rings is 1. The first-order valence-electron chi connectivity index (χ1n) is 10.3. The monoisotopic (exact) mass is 363 g/mol. The van der Waals surface area contributed by atoms with Gasteiger partial charge in [0.25, 0.3) is 0 Å². The number of fused-ring (bicyclic) bond motifs is 1. The van der Waals surface area contributed by atoms with E-state index >= 15 is 0 Å². The normalized spacial score (nSPS) is 19.3. The Kier molecular flexibility index (Phi) is 5.61. The highest BCUT2D eigenvalue weighted by molar-refractivity contribution is 5.83. The van der Waals surface area contributed by atoms with Crippen molar-refractivity contribution in [1.29, 1.82) is 0 Å². The van der Waals surface area contributed by atoms with Crippen molar-refractivity contribution in [1.82, 2.24) is 5.32 Å². The van der Waals surface area contributed by atoms with E-state index in [2.05, 4.69) is 58.0 Å². The van der Waals surface area contributed by atoms with Crippen LogP contribution in [0.1, 0.15) is 49.3 Å². The molecule has 1 atom stereocenters. The highest BCUT2D eigenvalue weighted by Gasteiger charge is 2.21. The van der Waals surface area contributed by atoms with Crippen molar-refractivity contribution in [2.45, 2.75) is 44.6 Å². The molecule has 0 radical (unpaired) electrons. The molecule has 1 fully saturated rings. The molecule has 142 valence electrons. The summed E-state index contributed by atoms with van der Waals surface area (Å²) >= 11 is 0. The van der Waals surface area contributed by atoms with Gasteiger partial charge >= 0.3 is 0 Å². The molecule has 1 heterocycles. The number of nitrogens with one attached hydrogen (secondary N) is 2. The average Bonchev–Trinajstić information content (AvgIpc) is 2.73. The summed E-state index contributed by atoms with van der Waals surface area (Å²) in [6, 6.07) is 17.0. The van der Waals surface area contributed by atoms with Crippen molar-refractivity contribution >= 4 is 17.3 Å². The fourth-order valence-corrected chi connectivity index (χ4v) is 4.36. The third-order valence-electron chi connectivity index (χ3n) is 5.74. The third kappa shape index (κ3) is 4.26. The Labute approximate surface area is 162 Å². The van der Waals surface area contributed by atoms with Crippen LogP contribution < -0.4 is 15.5 Å². The molecule has 1 saturated heterocycles. The maximum atomic E-state index is 12.6. The van der Waals surface area contributed by atoms with E-state index in [0.717, 1.165) is 38.0 Å². The Morgan fingerprint density at radius 2 is 1.74 bits per heavy atom. The van der Waals surface area contributed by atoms with Gasteiger partial charge in [0.15, 0.2) is 0 Å². The molecule has 4 nitrogen and oxygen atoms in total. The molecule has 2 aliphatic rings. The van der Waals surface area contributed by atoms with Gasteiger partial charge in [-0.3, -0.25) is 4.79 Å². The van der Waals surface area contributed by atoms with Gasteiger partial charge in [0.1, 0.15) is 0 Å². The Bertz CT molecular complexity index is 783. The summed E-state index contributed by atoms with van der Waals surface area (Å²) in [5.41, 5.74) is 4.93.